The van der Waals surface area contributed by atoms with Gasteiger partial charge in [0.25, 0.3) is 0 Å². The molecule has 1 saturated carbocycles. The Kier molecular flexibility index (Phi) is 4.70. The van der Waals surface area contributed by atoms with E-state index < -0.39 is 0 Å². The van der Waals surface area contributed by atoms with Crippen molar-refractivity contribution in [3.05, 3.63) is 24.3 Å². The first-order valence-electron chi connectivity index (χ1n) is 7.21. The van der Waals surface area contributed by atoms with Crippen LogP contribution in [0.25, 0.3) is 0 Å². The minimum absolute atomic E-state index is 0.0104. The Hall–Kier alpha value is -1.22. The van der Waals surface area contributed by atoms with Crippen LogP contribution in [0.2, 0.25) is 0 Å². The van der Waals surface area contributed by atoms with Crippen molar-refractivity contribution in [1.29, 1.82) is 0 Å². The van der Waals surface area contributed by atoms with Crippen LogP contribution in [0.4, 0.5) is 0 Å². The van der Waals surface area contributed by atoms with Crippen molar-refractivity contribution < 1.29 is 9.47 Å². The summed E-state index contributed by atoms with van der Waals surface area (Å²) in [5.74, 6) is 1.69. The molecule has 0 amide bonds. The minimum atomic E-state index is 0.0104. The highest BCUT2D eigenvalue weighted by Crippen LogP contribution is 2.41. The van der Waals surface area contributed by atoms with Crippen molar-refractivity contribution in [2.45, 2.75) is 51.2 Å². The molecule has 1 aliphatic rings. The lowest BCUT2D eigenvalue weighted by molar-refractivity contribution is -0.0163. The Bertz CT molecular complexity index is 399. The maximum atomic E-state index is 6.28. The zero-order chi connectivity index (χ0) is 13.7. The maximum absolute atomic E-state index is 6.28. The number of hydrogen-bond acceptors (Lipinski definition) is 3. The molecule has 0 aliphatic heterocycles. The molecular weight excluding hydrogens is 238 g/mol. The standard InChI is InChI=1S/C16H25NO2/c1-13(2)17-12-11-16(9-6-10-16)19-15-8-5-4-7-14(15)18-3/h4-5,7-8,13,17H,6,9-12H2,1-3H3. The molecule has 0 heterocycles. The van der Waals surface area contributed by atoms with E-state index in [1.807, 2.05) is 24.3 Å². The van der Waals surface area contributed by atoms with Crippen LogP contribution >= 0.6 is 0 Å². The van der Waals surface area contributed by atoms with Crippen LogP contribution < -0.4 is 14.8 Å². The molecule has 0 aromatic heterocycles. The van der Waals surface area contributed by atoms with Gasteiger partial charge in [-0.05, 0) is 44.4 Å². The normalized spacial score (nSPS) is 17.1. The van der Waals surface area contributed by atoms with E-state index in [-0.39, 0.29) is 5.60 Å². The van der Waals surface area contributed by atoms with E-state index in [4.69, 9.17) is 9.47 Å². The summed E-state index contributed by atoms with van der Waals surface area (Å²) < 4.78 is 11.6. The highest BCUT2D eigenvalue weighted by atomic mass is 16.5. The van der Waals surface area contributed by atoms with Crippen molar-refractivity contribution in [2.75, 3.05) is 13.7 Å². The number of rotatable bonds is 7. The molecule has 0 unspecified atom stereocenters. The molecule has 2 rings (SSSR count). The SMILES string of the molecule is COc1ccccc1OC1(CCNC(C)C)CCC1. The third-order valence-corrected chi connectivity index (χ3v) is 3.79. The van der Waals surface area contributed by atoms with Crippen LogP contribution in [-0.2, 0) is 0 Å². The molecule has 0 saturated heterocycles. The van der Waals surface area contributed by atoms with Gasteiger partial charge in [0.2, 0.25) is 0 Å². The van der Waals surface area contributed by atoms with Gasteiger partial charge in [0.1, 0.15) is 5.60 Å². The summed E-state index contributed by atoms with van der Waals surface area (Å²) in [5, 5.41) is 3.47. The van der Waals surface area contributed by atoms with Crippen LogP contribution in [0, 0.1) is 0 Å². The second-order valence-corrected chi connectivity index (χ2v) is 5.65. The summed E-state index contributed by atoms with van der Waals surface area (Å²) in [4.78, 5) is 0. The molecule has 1 aromatic rings. The first kappa shape index (κ1) is 14.2. The van der Waals surface area contributed by atoms with Gasteiger partial charge in [-0.15, -0.1) is 0 Å². The van der Waals surface area contributed by atoms with Crippen molar-refractivity contribution >= 4 is 0 Å². The van der Waals surface area contributed by atoms with Crippen LogP contribution in [-0.4, -0.2) is 25.3 Å². The lowest BCUT2D eigenvalue weighted by atomic mass is 9.77. The van der Waals surface area contributed by atoms with Gasteiger partial charge >= 0.3 is 0 Å². The molecule has 1 aromatic carbocycles. The van der Waals surface area contributed by atoms with Gasteiger partial charge in [0.15, 0.2) is 11.5 Å². The van der Waals surface area contributed by atoms with Crippen molar-refractivity contribution in [1.82, 2.24) is 5.32 Å². The third kappa shape index (κ3) is 3.63. The summed E-state index contributed by atoms with van der Waals surface area (Å²) in [5.41, 5.74) is 0.0104. The number of nitrogens with one attached hydrogen (secondary N) is 1. The first-order valence-corrected chi connectivity index (χ1v) is 7.21. The summed E-state index contributed by atoms with van der Waals surface area (Å²) in [7, 11) is 1.69. The fourth-order valence-electron chi connectivity index (χ4n) is 2.50. The lowest BCUT2D eigenvalue weighted by Gasteiger charge is -2.42. The van der Waals surface area contributed by atoms with E-state index in [0.29, 0.717) is 6.04 Å². The quantitative estimate of drug-likeness (QED) is 0.818. The smallest absolute Gasteiger partial charge is 0.161 e. The molecule has 3 nitrogen and oxygen atoms in total. The number of ether oxygens (including phenoxy) is 2. The number of benzene rings is 1. The van der Waals surface area contributed by atoms with Gasteiger partial charge in [-0.1, -0.05) is 26.0 Å². The lowest BCUT2D eigenvalue weighted by Crippen LogP contribution is -2.46. The van der Waals surface area contributed by atoms with Crippen LogP contribution in [0.1, 0.15) is 39.5 Å². The summed E-state index contributed by atoms with van der Waals surface area (Å²) >= 11 is 0. The monoisotopic (exact) mass is 263 g/mol. The van der Waals surface area contributed by atoms with Gasteiger partial charge in [0.05, 0.1) is 7.11 Å². The van der Waals surface area contributed by atoms with Crippen molar-refractivity contribution in [2.24, 2.45) is 0 Å². The second kappa shape index (κ2) is 6.29. The molecule has 0 radical (unpaired) electrons. The van der Waals surface area contributed by atoms with E-state index in [1.54, 1.807) is 7.11 Å². The highest BCUT2D eigenvalue weighted by molar-refractivity contribution is 5.40. The number of para-hydroxylation sites is 2. The molecule has 1 N–H and O–H groups in total. The zero-order valence-corrected chi connectivity index (χ0v) is 12.2. The second-order valence-electron chi connectivity index (χ2n) is 5.65. The molecule has 0 atom stereocenters. The molecule has 0 spiro atoms. The van der Waals surface area contributed by atoms with Crippen molar-refractivity contribution in [3.63, 3.8) is 0 Å². The topological polar surface area (TPSA) is 30.5 Å². The summed E-state index contributed by atoms with van der Waals surface area (Å²) in [6.07, 6.45) is 4.61. The Morgan fingerprint density at radius 2 is 1.89 bits per heavy atom. The zero-order valence-electron chi connectivity index (χ0n) is 12.2. The van der Waals surface area contributed by atoms with Crippen LogP contribution in [0.3, 0.4) is 0 Å². The van der Waals surface area contributed by atoms with E-state index in [2.05, 4.69) is 19.2 Å². The van der Waals surface area contributed by atoms with E-state index >= 15 is 0 Å². The van der Waals surface area contributed by atoms with Crippen LogP contribution in [0.15, 0.2) is 24.3 Å². The van der Waals surface area contributed by atoms with Crippen LogP contribution in [0.5, 0.6) is 11.5 Å². The number of methoxy groups -OCH3 is 1. The largest absolute Gasteiger partial charge is 0.493 e. The molecule has 19 heavy (non-hydrogen) atoms. The van der Waals surface area contributed by atoms with Gasteiger partial charge in [0, 0.05) is 6.04 Å². The fraction of sp³-hybridized carbons (Fsp3) is 0.625. The number of hydrogen-bond donors (Lipinski definition) is 1. The Labute approximate surface area is 116 Å². The molecule has 3 heteroatoms. The summed E-state index contributed by atoms with van der Waals surface area (Å²) in [6.45, 7) is 5.36. The minimum Gasteiger partial charge on any atom is -0.493 e. The third-order valence-electron chi connectivity index (χ3n) is 3.79. The summed E-state index contributed by atoms with van der Waals surface area (Å²) in [6, 6.07) is 8.45. The molecule has 1 aliphatic carbocycles. The van der Waals surface area contributed by atoms with E-state index in [1.165, 1.54) is 6.42 Å². The van der Waals surface area contributed by atoms with E-state index in [0.717, 1.165) is 37.3 Å². The average molecular weight is 263 g/mol. The van der Waals surface area contributed by atoms with Gasteiger partial charge in [-0.25, -0.2) is 0 Å². The van der Waals surface area contributed by atoms with Gasteiger partial charge in [-0.2, -0.15) is 0 Å². The Balaban J connectivity index is 1.98. The predicted octanol–water partition coefficient (Wildman–Crippen LogP) is 3.38. The molecule has 1 fully saturated rings. The van der Waals surface area contributed by atoms with Gasteiger partial charge < -0.3 is 14.8 Å². The Morgan fingerprint density at radius 3 is 2.42 bits per heavy atom. The van der Waals surface area contributed by atoms with Gasteiger partial charge in [-0.3, -0.25) is 0 Å². The average Bonchev–Trinajstić information content (AvgIpc) is 2.35. The fourth-order valence-corrected chi connectivity index (χ4v) is 2.50. The molecular formula is C16H25NO2. The maximum Gasteiger partial charge on any atom is 0.161 e. The molecule has 106 valence electrons. The Morgan fingerprint density at radius 1 is 1.21 bits per heavy atom. The van der Waals surface area contributed by atoms with Crippen molar-refractivity contribution in [3.8, 4) is 11.5 Å². The predicted molar refractivity (Wildman–Crippen MR) is 78.0 cm³/mol. The van der Waals surface area contributed by atoms with E-state index in [9.17, 15) is 0 Å². The molecule has 0 bridgehead atoms. The highest BCUT2D eigenvalue weighted by Gasteiger charge is 2.39. The first-order chi connectivity index (χ1) is 9.15.